The molecule has 0 spiro atoms. The number of hydrogen-bond acceptors (Lipinski definition) is 4. The first-order valence-corrected chi connectivity index (χ1v) is 9.11. The van der Waals surface area contributed by atoms with Crippen LogP contribution >= 0.6 is 34.5 Å². The first-order valence-electron chi connectivity index (χ1n) is 6.05. The normalized spacial score (nSPS) is 11.8. The smallest absolute Gasteiger partial charge is 0.240 e. The Balaban J connectivity index is 2.04. The van der Waals surface area contributed by atoms with E-state index in [9.17, 15) is 8.42 Å². The van der Waals surface area contributed by atoms with E-state index in [-0.39, 0.29) is 18.0 Å². The number of nitrogens with one attached hydrogen (secondary N) is 1. The maximum absolute atomic E-state index is 12.1. The van der Waals surface area contributed by atoms with Gasteiger partial charge in [-0.1, -0.05) is 23.2 Å². The van der Waals surface area contributed by atoms with Crippen molar-refractivity contribution in [2.45, 2.75) is 17.9 Å². The molecule has 1 aromatic heterocycles. The van der Waals surface area contributed by atoms with E-state index in [0.29, 0.717) is 21.3 Å². The minimum Gasteiger partial charge on any atom is -0.392 e. The molecule has 0 aliphatic heterocycles. The summed E-state index contributed by atoms with van der Waals surface area (Å²) >= 11 is 13.1. The summed E-state index contributed by atoms with van der Waals surface area (Å²) in [4.78, 5) is 1.09. The molecule has 2 rings (SSSR count). The third-order valence-electron chi connectivity index (χ3n) is 2.79. The van der Waals surface area contributed by atoms with Gasteiger partial charge in [-0.3, -0.25) is 0 Å². The number of aliphatic hydroxyl groups is 1. The van der Waals surface area contributed by atoms with Crippen LogP contribution in [0, 0.1) is 0 Å². The molecular weight excluding hydrogens is 353 g/mol. The Morgan fingerprint density at radius 2 is 1.95 bits per heavy atom. The van der Waals surface area contributed by atoms with E-state index in [1.165, 1.54) is 29.5 Å². The summed E-state index contributed by atoms with van der Waals surface area (Å²) in [6.45, 7) is -0.0356. The van der Waals surface area contributed by atoms with Gasteiger partial charge in [0.2, 0.25) is 10.0 Å². The molecule has 4 nitrogen and oxygen atoms in total. The van der Waals surface area contributed by atoms with Crippen LogP contribution in [0.3, 0.4) is 0 Å². The summed E-state index contributed by atoms with van der Waals surface area (Å²) in [5.41, 5.74) is 0.379. The van der Waals surface area contributed by atoms with Crippen molar-refractivity contribution in [3.63, 3.8) is 0 Å². The van der Waals surface area contributed by atoms with E-state index in [1.54, 1.807) is 6.07 Å². The summed E-state index contributed by atoms with van der Waals surface area (Å²) in [5, 5.41) is 9.46. The summed E-state index contributed by atoms with van der Waals surface area (Å²) in [6.07, 6.45) is 0.567. The molecule has 8 heteroatoms. The largest absolute Gasteiger partial charge is 0.392 e. The van der Waals surface area contributed by atoms with Crippen LogP contribution < -0.4 is 4.72 Å². The fraction of sp³-hybridized carbons (Fsp3) is 0.231. The molecule has 0 aliphatic carbocycles. The Morgan fingerprint density at radius 3 is 2.57 bits per heavy atom. The van der Waals surface area contributed by atoms with Crippen LogP contribution in [-0.2, 0) is 23.1 Å². The van der Waals surface area contributed by atoms with Gasteiger partial charge in [-0.2, -0.15) is 0 Å². The highest BCUT2D eigenvalue weighted by Gasteiger charge is 2.15. The predicted octanol–water partition coefficient (Wildman–Crippen LogP) is 3.07. The first kappa shape index (κ1) is 16.7. The number of aliphatic hydroxyl groups excluding tert-OH is 1. The third kappa shape index (κ3) is 4.42. The van der Waals surface area contributed by atoms with E-state index >= 15 is 0 Å². The number of halogens is 2. The summed E-state index contributed by atoms with van der Waals surface area (Å²) in [7, 11) is -3.62. The van der Waals surface area contributed by atoms with Crippen molar-refractivity contribution in [2.75, 3.05) is 6.54 Å². The minimum atomic E-state index is -3.62. The zero-order valence-electron chi connectivity index (χ0n) is 10.8. The van der Waals surface area contributed by atoms with Gasteiger partial charge < -0.3 is 5.11 Å². The molecular formula is C13H13Cl2NO3S2. The van der Waals surface area contributed by atoms with Crippen molar-refractivity contribution in [1.82, 2.24) is 4.72 Å². The molecule has 0 atom stereocenters. The lowest BCUT2D eigenvalue weighted by Gasteiger charge is -2.08. The maximum Gasteiger partial charge on any atom is 0.240 e. The Bertz CT molecular complexity index is 729. The van der Waals surface area contributed by atoms with Gasteiger partial charge in [-0.05, 0) is 42.3 Å². The standard InChI is InChI=1S/C13H13Cl2NO3S2/c14-12-3-2-11(7-9(12)8-17)21(18,19)16-6-5-10-1-4-13(15)20-10/h1-4,7,16-17H,5-6,8H2. The molecule has 0 fully saturated rings. The van der Waals surface area contributed by atoms with Crippen LogP contribution in [0.25, 0.3) is 0 Å². The van der Waals surface area contributed by atoms with Crippen LogP contribution in [0.15, 0.2) is 35.2 Å². The van der Waals surface area contributed by atoms with Crippen LogP contribution in [0.5, 0.6) is 0 Å². The summed E-state index contributed by atoms with van der Waals surface area (Å²) in [6, 6.07) is 7.88. The Hall–Kier alpha value is -0.630. The van der Waals surface area contributed by atoms with E-state index in [2.05, 4.69) is 4.72 Å². The van der Waals surface area contributed by atoms with Crippen LogP contribution in [0.4, 0.5) is 0 Å². The Labute approximate surface area is 137 Å². The van der Waals surface area contributed by atoms with Gasteiger partial charge in [0.1, 0.15) is 0 Å². The Morgan fingerprint density at radius 1 is 1.19 bits per heavy atom. The van der Waals surface area contributed by atoms with Gasteiger partial charge in [0, 0.05) is 16.4 Å². The second-order valence-corrected chi connectivity index (χ2v) is 8.24. The lowest BCUT2D eigenvalue weighted by Crippen LogP contribution is -2.26. The zero-order valence-corrected chi connectivity index (χ0v) is 14.0. The minimum absolute atomic E-state index is 0.0835. The van der Waals surface area contributed by atoms with Crippen molar-refractivity contribution < 1.29 is 13.5 Å². The lowest BCUT2D eigenvalue weighted by molar-refractivity contribution is 0.281. The Kier molecular flexibility index (Phi) is 5.65. The van der Waals surface area contributed by atoms with Crippen molar-refractivity contribution >= 4 is 44.6 Å². The van der Waals surface area contributed by atoms with Gasteiger partial charge in [-0.15, -0.1) is 11.3 Å². The van der Waals surface area contributed by atoms with Crippen LogP contribution in [0.1, 0.15) is 10.4 Å². The second-order valence-electron chi connectivity index (χ2n) is 4.26. The maximum atomic E-state index is 12.1. The van der Waals surface area contributed by atoms with E-state index in [1.807, 2.05) is 6.07 Å². The van der Waals surface area contributed by atoms with Gasteiger partial charge >= 0.3 is 0 Å². The topological polar surface area (TPSA) is 66.4 Å². The highest BCUT2D eigenvalue weighted by atomic mass is 35.5. The molecule has 0 aliphatic rings. The van der Waals surface area contributed by atoms with E-state index in [4.69, 9.17) is 28.3 Å². The zero-order chi connectivity index (χ0) is 15.5. The van der Waals surface area contributed by atoms with Crippen LogP contribution in [-0.4, -0.2) is 20.1 Å². The molecule has 1 heterocycles. The van der Waals surface area contributed by atoms with Gasteiger partial charge in [0.25, 0.3) is 0 Å². The molecule has 2 N–H and O–H groups in total. The van der Waals surface area contributed by atoms with Gasteiger partial charge in [0.05, 0.1) is 15.8 Å². The molecule has 0 saturated carbocycles. The average Bonchev–Trinajstić information content (AvgIpc) is 2.84. The molecule has 21 heavy (non-hydrogen) atoms. The van der Waals surface area contributed by atoms with Crippen molar-refractivity contribution in [3.05, 3.63) is 50.1 Å². The number of rotatable bonds is 6. The summed E-state index contributed by atoms with van der Waals surface area (Å²) in [5.74, 6) is 0. The number of sulfonamides is 1. The van der Waals surface area contributed by atoms with Gasteiger partial charge in [-0.25, -0.2) is 13.1 Å². The molecule has 0 saturated heterocycles. The second kappa shape index (κ2) is 7.09. The molecule has 0 bridgehead atoms. The number of benzene rings is 1. The SMILES string of the molecule is O=S(=O)(NCCc1ccc(Cl)s1)c1ccc(Cl)c(CO)c1. The van der Waals surface area contributed by atoms with Crippen molar-refractivity contribution in [1.29, 1.82) is 0 Å². The highest BCUT2D eigenvalue weighted by molar-refractivity contribution is 7.89. The van der Waals surface area contributed by atoms with E-state index < -0.39 is 10.0 Å². The van der Waals surface area contributed by atoms with Gasteiger partial charge in [0.15, 0.2) is 0 Å². The molecule has 0 radical (unpaired) electrons. The quantitative estimate of drug-likeness (QED) is 0.826. The highest BCUT2D eigenvalue weighted by Crippen LogP contribution is 2.22. The molecule has 114 valence electrons. The lowest BCUT2D eigenvalue weighted by atomic mass is 10.2. The molecule has 2 aromatic rings. The fourth-order valence-electron chi connectivity index (χ4n) is 1.72. The molecule has 0 amide bonds. The van der Waals surface area contributed by atoms with Crippen molar-refractivity contribution in [2.24, 2.45) is 0 Å². The summed E-state index contributed by atoms with van der Waals surface area (Å²) < 4.78 is 27.5. The molecule has 1 aromatic carbocycles. The monoisotopic (exact) mass is 365 g/mol. The average molecular weight is 366 g/mol. The predicted molar refractivity (Wildman–Crippen MR) is 85.6 cm³/mol. The van der Waals surface area contributed by atoms with Crippen LogP contribution in [0.2, 0.25) is 9.36 Å². The molecule has 0 unspecified atom stereocenters. The fourth-order valence-corrected chi connectivity index (χ4v) is 4.06. The van der Waals surface area contributed by atoms with E-state index in [0.717, 1.165) is 4.88 Å². The third-order valence-corrected chi connectivity index (χ3v) is 5.91. The first-order chi connectivity index (χ1) is 9.92. The number of hydrogen-bond donors (Lipinski definition) is 2. The number of thiophene rings is 1. The van der Waals surface area contributed by atoms with Crippen molar-refractivity contribution in [3.8, 4) is 0 Å².